The summed E-state index contributed by atoms with van der Waals surface area (Å²) >= 11 is 0. The minimum absolute atomic E-state index is 0. The van der Waals surface area contributed by atoms with E-state index in [0.29, 0.717) is 12.0 Å². The number of hydrogen-bond acceptors (Lipinski definition) is 5. The molecule has 1 aromatic rings. The lowest BCUT2D eigenvalue weighted by molar-refractivity contribution is -0.123. The van der Waals surface area contributed by atoms with Gasteiger partial charge in [-0.2, -0.15) is 0 Å². The molecule has 0 saturated carbocycles. The van der Waals surface area contributed by atoms with E-state index in [0.717, 1.165) is 63.3 Å². The maximum atomic E-state index is 12.6. The Hall–Kier alpha value is -0.950. The highest BCUT2D eigenvalue weighted by molar-refractivity contribution is 5.85. The second-order valence-corrected chi connectivity index (χ2v) is 7.96. The molecule has 0 aromatic carbocycles. The van der Waals surface area contributed by atoms with Crippen LogP contribution in [-0.4, -0.2) is 41.6 Å². The first-order valence-electron chi connectivity index (χ1n) is 9.72. The highest BCUT2D eigenvalue weighted by Crippen LogP contribution is 2.37. The van der Waals surface area contributed by atoms with Crippen LogP contribution >= 0.6 is 24.8 Å². The van der Waals surface area contributed by atoms with Gasteiger partial charge in [-0.25, -0.2) is 9.97 Å². The standard InChI is InChI=1S/C19H29N5O.2ClH/c1-13-14-4-2-3-5-15(14)24-17(23-13)11-21-18(25)16-10-19(12-22-16)6-8-20-9-7-19;;/h16,20,22H,2-12H2,1H3,(H,21,25);2*1H. The van der Waals surface area contributed by atoms with Crippen LogP contribution in [0.5, 0.6) is 0 Å². The molecule has 2 aliphatic heterocycles. The van der Waals surface area contributed by atoms with Gasteiger partial charge in [-0.1, -0.05) is 0 Å². The summed E-state index contributed by atoms with van der Waals surface area (Å²) in [6, 6.07) is -0.0724. The number of aryl methyl sites for hydroxylation is 2. The third kappa shape index (κ3) is 4.91. The summed E-state index contributed by atoms with van der Waals surface area (Å²) in [6.07, 6.45) is 7.85. The van der Waals surface area contributed by atoms with Crippen LogP contribution < -0.4 is 16.0 Å². The molecule has 3 N–H and O–H groups in total. The molecule has 1 spiro atoms. The maximum absolute atomic E-state index is 12.6. The predicted molar refractivity (Wildman–Crippen MR) is 111 cm³/mol. The molecule has 2 saturated heterocycles. The summed E-state index contributed by atoms with van der Waals surface area (Å²) in [5.74, 6) is 0.843. The summed E-state index contributed by atoms with van der Waals surface area (Å²) < 4.78 is 0. The molecule has 6 nitrogen and oxygen atoms in total. The van der Waals surface area contributed by atoms with Crippen LogP contribution in [0.15, 0.2) is 0 Å². The Morgan fingerprint density at radius 2 is 1.93 bits per heavy atom. The third-order valence-electron chi connectivity index (χ3n) is 6.20. The molecule has 1 atom stereocenters. The van der Waals surface area contributed by atoms with E-state index in [2.05, 4.69) is 27.9 Å². The van der Waals surface area contributed by atoms with Crippen LogP contribution in [0.1, 0.15) is 54.9 Å². The molecule has 8 heteroatoms. The van der Waals surface area contributed by atoms with Gasteiger partial charge < -0.3 is 16.0 Å². The van der Waals surface area contributed by atoms with Crippen LogP contribution in [0.4, 0.5) is 0 Å². The molecule has 2 fully saturated rings. The van der Waals surface area contributed by atoms with E-state index in [1.807, 2.05) is 0 Å². The zero-order chi connectivity index (χ0) is 17.3. The summed E-state index contributed by atoms with van der Waals surface area (Å²) in [6.45, 7) is 5.59. The Bertz CT molecular complexity index is 664. The number of fused-ring (bicyclic) bond motifs is 1. The number of carbonyl (C=O) groups excluding carboxylic acids is 1. The van der Waals surface area contributed by atoms with Gasteiger partial charge in [0, 0.05) is 17.9 Å². The van der Waals surface area contributed by atoms with E-state index in [9.17, 15) is 4.79 Å². The minimum Gasteiger partial charge on any atom is -0.347 e. The number of halogens is 2. The van der Waals surface area contributed by atoms with Crippen molar-refractivity contribution in [3.8, 4) is 0 Å². The molecule has 0 radical (unpaired) electrons. The SMILES string of the molecule is Cc1nc(CNC(=O)C2CC3(CCNCC3)CN2)nc2c1CCCC2.Cl.Cl. The van der Waals surface area contributed by atoms with Gasteiger partial charge in [0.05, 0.1) is 12.6 Å². The van der Waals surface area contributed by atoms with Crippen LogP contribution in [0, 0.1) is 12.3 Å². The Kier molecular flexibility index (Phi) is 7.86. The summed E-state index contributed by atoms with van der Waals surface area (Å²) in [7, 11) is 0. The molecule has 1 aromatic heterocycles. The van der Waals surface area contributed by atoms with E-state index in [-0.39, 0.29) is 36.8 Å². The zero-order valence-electron chi connectivity index (χ0n) is 16.0. The topological polar surface area (TPSA) is 78.9 Å². The van der Waals surface area contributed by atoms with E-state index in [1.165, 1.54) is 24.1 Å². The lowest BCUT2D eigenvalue weighted by Gasteiger charge is -2.33. The van der Waals surface area contributed by atoms with Crippen molar-refractivity contribution in [2.45, 2.75) is 64.5 Å². The molecule has 1 unspecified atom stereocenters. The first kappa shape index (κ1) is 22.3. The molecule has 0 bridgehead atoms. The van der Waals surface area contributed by atoms with Gasteiger partial charge in [-0.05, 0) is 75.9 Å². The fraction of sp³-hybridized carbons (Fsp3) is 0.737. The van der Waals surface area contributed by atoms with Crippen molar-refractivity contribution in [1.82, 2.24) is 25.9 Å². The van der Waals surface area contributed by atoms with Crippen molar-refractivity contribution in [3.05, 3.63) is 22.8 Å². The molecule has 3 aliphatic rings. The van der Waals surface area contributed by atoms with E-state index < -0.39 is 0 Å². The molecular weight excluding hydrogens is 385 g/mol. The van der Waals surface area contributed by atoms with Gasteiger partial charge in [0.15, 0.2) is 0 Å². The van der Waals surface area contributed by atoms with Crippen molar-refractivity contribution in [2.75, 3.05) is 19.6 Å². The number of piperidine rings is 1. The van der Waals surface area contributed by atoms with Crippen molar-refractivity contribution in [1.29, 1.82) is 0 Å². The Morgan fingerprint density at radius 3 is 2.70 bits per heavy atom. The molecule has 4 rings (SSSR count). The van der Waals surface area contributed by atoms with Gasteiger partial charge in [0.25, 0.3) is 0 Å². The average molecular weight is 416 g/mol. The van der Waals surface area contributed by atoms with E-state index in [4.69, 9.17) is 4.98 Å². The molecule has 1 amide bonds. The zero-order valence-corrected chi connectivity index (χ0v) is 17.6. The lowest BCUT2D eigenvalue weighted by Crippen LogP contribution is -2.40. The van der Waals surface area contributed by atoms with Crippen molar-refractivity contribution in [3.63, 3.8) is 0 Å². The predicted octanol–water partition coefficient (Wildman–Crippen LogP) is 1.86. The van der Waals surface area contributed by atoms with Crippen molar-refractivity contribution < 1.29 is 4.79 Å². The van der Waals surface area contributed by atoms with Gasteiger partial charge in [0.2, 0.25) is 5.91 Å². The number of nitrogens with one attached hydrogen (secondary N) is 3. The second-order valence-electron chi connectivity index (χ2n) is 7.96. The van der Waals surface area contributed by atoms with Crippen LogP contribution in [0.3, 0.4) is 0 Å². The first-order valence-corrected chi connectivity index (χ1v) is 9.72. The second kappa shape index (κ2) is 9.50. The van der Waals surface area contributed by atoms with Crippen LogP contribution in [0.25, 0.3) is 0 Å². The minimum atomic E-state index is -0.0724. The third-order valence-corrected chi connectivity index (χ3v) is 6.20. The fourth-order valence-corrected chi connectivity index (χ4v) is 4.65. The van der Waals surface area contributed by atoms with Gasteiger partial charge >= 0.3 is 0 Å². The Morgan fingerprint density at radius 1 is 1.19 bits per heavy atom. The summed E-state index contributed by atoms with van der Waals surface area (Å²) in [5, 5.41) is 9.90. The largest absolute Gasteiger partial charge is 0.347 e. The molecule has 1 aliphatic carbocycles. The first-order chi connectivity index (χ1) is 12.2. The van der Waals surface area contributed by atoms with E-state index >= 15 is 0 Å². The van der Waals surface area contributed by atoms with Crippen LogP contribution in [0.2, 0.25) is 0 Å². The average Bonchev–Trinajstić information content (AvgIpc) is 3.04. The smallest absolute Gasteiger partial charge is 0.237 e. The molecule has 152 valence electrons. The van der Waals surface area contributed by atoms with Gasteiger partial charge in [0.1, 0.15) is 5.82 Å². The van der Waals surface area contributed by atoms with Crippen molar-refractivity contribution >= 4 is 30.7 Å². The number of hydrogen-bond donors (Lipinski definition) is 3. The fourth-order valence-electron chi connectivity index (χ4n) is 4.65. The number of aromatic nitrogens is 2. The van der Waals surface area contributed by atoms with Crippen LogP contribution in [-0.2, 0) is 24.2 Å². The molecule has 3 heterocycles. The highest BCUT2D eigenvalue weighted by atomic mass is 35.5. The molecule has 27 heavy (non-hydrogen) atoms. The summed E-state index contributed by atoms with van der Waals surface area (Å²) in [5.41, 5.74) is 3.91. The number of amides is 1. The quantitative estimate of drug-likeness (QED) is 0.701. The number of nitrogens with zero attached hydrogens (tertiary/aromatic N) is 2. The van der Waals surface area contributed by atoms with E-state index in [1.54, 1.807) is 0 Å². The Labute approximate surface area is 173 Å². The number of carbonyl (C=O) groups is 1. The highest BCUT2D eigenvalue weighted by Gasteiger charge is 2.42. The lowest BCUT2D eigenvalue weighted by atomic mass is 9.77. The van der Waals surface area contributed by atoms with Crippen molar-refractivity contribution in [2.24, 2.45) is 5.41 Å². The molecular formula is C19H31Cl2N5O. The Balaban J connectivity index is 0.00000131. The normalized spacial score (nSPS) is 23.1. The maximum Gasteiger partial charge on any atom is 0.237 e. The number of rotatable bonds is 3. The van der Waals surface area contributed by atoms with Gasteiger partial charge in [-0.3, -0.25) is 4.79 Å². The monoisotopic (exact) mass is 415 g/mol. The summed E-state index contributed by atoms with van der Waals surface area (Å²) in [4.78, 5) is 21.9. The van der Waals surface area contributed by atoms with Gasteiger partial charge in [-0.15, -0.1) is 24.8 Å².